The Morgan fingerprint density at radius 2 is 2.00 bits per heavy atom. The molecule has 0 atom stereocenters. The van der Waals surface area contributed by atoms with Crippen LogP contribution in [0.5, 0.6) is 0 Å². The average molecular weight is 122 g/mol. The van der Waals surface area contributed by atoms with Gasteiger partial charge in [-0.3, -0.25) is 4.79 Å². The molecule has 0 aromatic carbocycles. The van der Waals surface area contributed by atoms with Gasteiger partial charge in [0.1, 0.15) is 6.29 Å². The van der Waals surface area contributed by atoms with E-state index in [9.17, 15) is 4.79 Å². The van der Waals surface area contributed by atoms with Crippen molar-refractivity contribution >= 4 is 6.29 Å². The average Bonchev–Trinajstić information content (AvgIpc) is 1.87. The van der Waals surface area contributed by atoms with Crippen LogP contribution in [0.1, 0.15) is 20.8 Å². The maximum atomic E-state index is 10.1. The molecule has 0 heterocycles. The number of hydrogen-bond acceptors (Lipinski definition) is 1. The fourth-order valence-electron chi connectivity index (χ4n) is 0.374. The van der Waals surface area contributed by atoms with E-state index in [-0.39, 0.29) is 0 Å². The van der Waals surface area contributed by atoms with Gasteiger partial charge in [0.2, 0.25) is 0 Å². The minimum Gasteiger partial charge on any atom is -0.298 e. The Kier molecular flexibility index (Phi) is 3.46. The molecule has 0 aliphatic rings. The van der Waals surface area contributed by atoms with Crippen LogP contribution in [0.3, 0.4) is 0 Å². The lowest BCUT2D eigenvalue weighted by molar-refractivity contribution is -0.104. The van der Waals surface area contributed by atoms with E-state index in [1.54, 1.807) is 13.8 Å². The fourth-order valence-corrected chi connectivity index (χ4v) is 0.374. The summed E-state index contributed by atoms with van der Waals surface area (Å²) in [5.74, 6) is 5.51. The van der Waals surface area contributed by atoms with Crippen LogP contribution in [0, 0.1) is 11.8 Å². The molecule has 0 aliphatic heterocycles. The first kappa shape index (κ1) is 7.97. The number of allylic oxidation sites excluding steroid dienone is 2. The highest BCUT2D eigenvalue weighted by Gasteiger charge is 1.87. The standard InChI is InChI=1S/C8H10O/c1-4-5-7(2)8(3)6-9/h6H,1-3H3/b8-7-. The summed E-state index contributed by atoms with van der Waals surface area (Å²) in [7, 11) is 0. The molecule has 0 saturated carbocycles. The van der Waals surface area contributed by atoms with Crippen molar-refractivity contribution in [3.8, 4) is 11.8 Å². The van der Waals surface area contributed by atoms with Crippen molar-refractivity contribution in [2.75, 3.05) is 0 Å². The molecule has 0 radical (unpaired) electrons. The molecule has 0 amide bonds. The van der Waals surface area contributed by atoms with E-state index in [2.05, 4.69) is 11.8 Å². The summed E-state index contributed by atoms with van der Waals surface area (Å²) in [4.78, 5) is 10.1. The van der Waals surface area contributed by atoms with E-state index in [0.29, 0.717) is 5.57 Å². The zero-order chi connectivity index (χ0) is 7.28. The predicted molar refractivity (Wildman–Crippen MR) is 37.9 cm³/mol. The summed E-state index contributed by atoms with van der Waals surface area (Å²) in [6.07, 6.45) is 0.819. The van der Waals surface area contributed by atoms with E-state index < -0.39 is 0 Å². The van der Waals surface area contributed by atoms with E-state index in [1.165, 1.54) is 0 Å². The number of carbonyl (C=O) groups is 1. The third-order valence-electron chi connectivity index (χ3n) is 1.08. The first-order valence-corrected chi connectivity index (χ1v) is 2.77. The third-order valence-corrected chi connectivity index (χ3v) is 1.08. The van der Waals surface area contributed by atoms with Crippen LogP contribution in [0.25, 0.3) is 0 Å². The smallest absolute Gasteiger partial charge is 0.146 e. The van der Waals surface area contributed by atoms with Crippen molar-refractivity contribution in [2.45, 2.75) is 20.8 Å². The molecular weight excluding hydrogens is 112 g/mol. The molecular formula is C8H10O. The van der Waals surface area contributed by atoms with Gasteiger partial charge in [-0.05, 0) is 20.8 Å². The number of carbonyl (C=O) groups excluding carboxylic acids is 1. The van der Waals surface area contributed by atoms with Crippen LogP contribution in [-0.4, -0.2) is 6.29 Å². The summed E-state index contributed by atoms with van der Waals surface area (Å²) >= 11 is 0. The largest absolute Gasteiger partial charge is 0.298 e. The Balaban J connectivity index is 4.41. The van der Waals surface area contributed by atoms with Gasteiger partial charge in [-0.2, -0.15) is 0 Å². The minimum atomic E-state index is 0.712. The molecule has 1 heteroatoms. The lowest BCUT2D eigenvalue weighted by Crippen LogP contribution is -1.80. The van der Waals surface area contributed by atoms with E-state index >= 15 is 0 Å². The highest BCUT2D eigenvalue weighted by atomic mass is 16.1. The Hall–Kier alpha value is -1.03. The minimum absolute atomic E-state index is 0.712. The molecule has 0 aromatic heterocycles. The molecule has 0 rings (SSSR count). The van der Waals surface area contributed by atoms with Gasteiger partial charge in [-0.1, -0.05) is 5.92 Å². The summed E-state index contributed by atoms with van der Waals surface area (Å²) in [6.45, 7) is 5.34. The van der Waals surface area contributed by atoms with Crippen molar-refractivity contribution in [3.05, 3.63) is 11.1 Å². The van der Waals surface area contributed by atoms with Crippen LogP contribution in [0.2, 0.25) is 0 Å². The highest BCUT2D eigenvalue weighted by molar-refractivity contribution is 5.75. The van der Waals surface area contributed by atoms with Crippen molar-refractivity contribution in [1.29, 1.82) is 0 Å². The maximum Gasteiger partial charge on any atom is 0.146 e. The van der Waals surface area contributed by atoms with Crippen molar-refractivity contribution in [2.24, 2.45) is 0 Å². The Labute approximate surface area is 55.8 Å². The molecule has 1 nitrogen and oxygen atoms in total. The first-order chi connectivity index (χ1) is 4.22. The lowest BCUT2D eigenvalue weighted by atomic mass is 10.2. The SMILES string of the molecule is CC#C/C(C)=C(/C)C=O. The van der Waals surface area contributed by atoms with Gasteiger partial charge in [0, 0.05) is 11.1 Å². The van der Waals surface area contributed by atoms with Crippen molar-refractivity contribution in [3.63, 3.8) is 0 Å². The summed E-state index contributed by atoms with van der Waals surface area (Å²) in [5, 5.41) is 0. The molecule has 9 heavy (non-hydrogen) atoms. The lowest BCUT2D eigenvalue weighted by Gasteiger charge is -1.87. The van der Waals surface area contributed by atoms with Crippen LogP contribution >= 0.6 is 0 Å². The zero-order valence-electron chi connectivity index (χ0n) is 5.99. The number of rotatable bonds is 1. The maximum absolute atomic E-state index is 10.1. The van der Waals surface area contributed by atoms with E-state index in [0.717, 1.165) is 11.9 Å². The van der Waals surface area contributed by atoms with Gasteiger partial charge >= 0.3 is 0 Å². The van der Waals surface area contributed by atoms with Gasteiger partial charge in [0.05, 0.1) is 0 Å². The predicted octanol–water partition coefficient (Wildman–Crippen LogP) is 1.54. The molecule has 0 spiro atoms. The molecule has 48 valence electrons. The second kappa shape index (κ2) is 3.91. The van der Waals surface area contributed by atoms with E-state index in [1.807, 2.05) is 6.92 Å². The fraction of sp³-hybridized carbons (Fsp3) is 0.375. The summed E-state index contributed by atoms with van der Waals surface area (Å²) in [5.41, 5.74) is 1.57. The van der Waals surface area contributed by atoms with Gasteiger partial charge in [0.15, 0.2) is 0 Å². The van der Waals surface area contributed by atoms with Crippen molar-refractivity contribution in [1.82, 2.24) is 0 Å². The van der Waals surface area contributed by atoms with E-state index in [4.69, 9.17) is 0 Å². The number of hydrogen-bond donors (Lipinski definition) is 0. The molecule has 0 aromatic rings. The van der Waals surface area contributed by atoms with Gasteiger partial charge in [-0.25, -0.2) is 0 Å². The quantitative estimate of drug-likeness (QED) is 0.293. The monoisotopic (exact) mass is 122 g/mol. The third kappa shape index (κ3) is 2.71. The highest BCUT2D eigenvalue weighted by Crippen LogP contribution is 1.96. The normalized spacial score (nSPS) is 11.0. The van der Waals surface area contributed by atoms with Crippen LogP contribution in [0.15, 0.2) is 11.1 Å². The Bertz CT molecular complexity index is 188. The topological polar surface area (TPSA) is 17.1 Å². The van der Waals surface area contributed by atoms with Crippen LogP contribution < -0.4 is 0 Å². The molecule has 0 fully saturated rings. The Morgan fingerprint density at radius 3 is 2.33 bits per heavy atom. The molecule has 0 unspecified atom stereocenters. The second-order valence-corrected chi connectivity index (χ2v) is 1.80. The van der Waals surface area contributed by atoms with Gasteiger partial charge in [-0.15, -0.1) is 5.92 Å². The van der Waals surface area contributed by atoms with Crippen LogP contribution in [-0.2, 0) is 4.79 Å². The summed E-state index contributed by atoms with van der Waals surface area (Å²) in [6, 6.07) is 0. The molecule has 0 aliphatic carbocycles. The first-order valence-electron chi connectivity index (χ1n) is 2.77. The Morgan fingerprint density at radius 1 is 1.44 bits per heavy atom. The second-order valence-electron chi connectivity index (χ2n) is 1.80. The molecule has 0 saturated heterocycles. The number of aldehydes is 1. The summed E-state index contributed by atoms with van der Waals surface area (Å²) < 4.78 is 0. The zero-order valence-corrected chi connectivity index (χ0v) is 5.99. The van der Waals surface area contributed by atoms with Crippen molar-refractivity contribution < 1.29 is 4.79 Å². The van der Waals surface area contributed by atoms with Gasteiger partial charge in [0.25, 0.3) is 0 Å². The van der Waals surface area contributed by atoms with Gasteiger partial charge < -0.3 is 0 Å². The molecule has 0 bridgehead atoms. The van der Waals surface area contributed by atoms with Crippen LogP contribution in [0.4, 0.5) is 0 Å². The molecule has 0 N–H and O–H groups in total.